The van der Waals surface area contributed by atoms with E-state index in [1.165, 1.54) is 7.05 Å². The molecule has 1 aromatic rings. The largest absolute Gasteiger partial charge is 0.389 e. The number of benzene rings is 1. The molecule has 0 aliphatic rings. The highest BCUT2D eigenvalue weighted by molar-refractivity contribution is 5.22. The minimum atomic E-state index is -4.29. The lowest BCUT2D eigenvalue weighted by Crippen LogP contribution is -2.20. The first kappa shape index (κ1) is 13.9. The Bertz CT molecular complexity index is 375. The van der Waals surface area contributed by atoms with E-state index in [4.69, 9.17) is 0 Å². The minimum absolute atomic E-state index is 0.0400. The van der Waals surface area contributed by atoms with Gasteiger partial charge in [-0.3, -0.25) is 0 Å². The number of hydrogen-bond acceptors (Lipinski definition) is 1. The molecular formula is C11H12F5N. The van der Waals surface area contributed by atoms with Crippen molar-refractivity contribution in [3.05, 3.63) is 35.4 Å². The Hall–Kier alpha value is -1.17. The summed E-state index contributed by atoms with van der Waals surface area (Å²) in [5.74, 6) is -1.59. The zero-order chi connectivity index (χ0) is 13.1. The molecule has 0 fully saturated rings. The fraction of sp³-hybridized carbons (Fsp3) is 0.455. The summed E-state index contributed by atoms with van der Waals surface area (Å²) in [6, 6.07) is 2.06. The fourth-order valence-corrected chi connectivity index (χ4v) is 1.55. The van der Waals surface area contributed by atoms with E-state index in [0.717, 1.165) is 12.1 Å². The predicted octanol–water partition coefficient (Wildman–Crippen LogP) is 3.57. The van der Waals surface area contributed by atoms with E-state index in [1.54, 1.807) is 0 Å². The van der Waals surface area contributed by atoms with Crippen molar-refractivity contribution < 1.29 is 22.0 Å². The topological polar surface area (TPSA) is 12.0 Å². The number of alkyl halides is 3. The maximum absolute atomic E-state index is 13.3. The van der Waals surface area contributed by atoms with Crippen molar-refractivity contribution in [3.8, 4) is 0 Å². The first-order valence-corrected chi connectivity index (χ1v) is 5.02. The van der Waals surface area contributed by atoms with Crippen LogP contribution in [0.2, 0.25) is 0 Å². The molecule has 0 saturated heterocycles. The number of hydrogen-bond donors (Lipinski definition) is 1. The van der Waals surface area contributed by atoms with E-state index in [1.807, 2.05) is 0 Å². The minimum Gasteiger partial charge on any atom is -0.313 e. The summed E-state index contributed by atoms with van der Waals surface area (Å²) in [7, 11) is 1.43. The van der Waals surface area contributed by atoms with Crippen molar-refractivity contribution in [1.82, 2.24) is 5.32 Å². The Morgan fingerprint density at radius 2 is 1.88 bits per heavy atom. The lowest BCUT2D eigenvalue weighted by molar-refractivity contribution is -0.136. The molecule has 1 atom stereocenters. The van der Waals surface area contributed by atoms with Crippen LogP contribution in [0.25, 0.3) is 0 Å². The first-order chi connectivity index (χ1) is 7.83. The van der Waals surface area contributed by atoms with Gasteiger partial charge in [0, 0.05) is 24.1 Å². The van der Waals surface area contributed by atoms with E-state index in [9.17, 15) is 22.0 Å². The summed E-state index contributed by atoms with van der Waals surface area (Å²) in [5, 5.41) is 2.59. The quantitative estimate of drug-likeness (QED) is 0.809. The lowest BCUT2D eigenvalue weighted by atomic mass is 10.0. The van der Waals surface area contributed by atoms with Crippen LogP contribution < -0.4 is 5.32 Å². The second kappa shape index (κ2) is 5.44. The molecule has 1 rings (SSSR count). The maximum Gasteiger partial charge on any atom is 0.389 e. The van der Waals surface area contributed by atoms with Crippen LogP contribution in [0.15, 0.2) is 18.2 Å². The van der Waals surface area contributed by atoms with Gasteiger partial charge in [-0.25, -0.2) is 8.78 Å². The van der Waals surface area contributed by atoms with Crippen LogP contribution in [0.4, 0.5) is 22.0 Å². The normalized spacial score (nSPS) is 13.8. The van der Waals surface area contributed by atoms with Crippen molar-refractivity contribution in [1.29, 1.82) is 0 Å². The van der Waals surface area contributed by atoms with Gasteiger partial charge in [0.2, 0.25) is 0 Å². The van der Waals surface area contributed by atoms with Crippen LogP contribution in [-0.2, 0) is 0 Å². The summed E-state index contributed by atoms with van der Waals surface area (Å²) in [6.07, 6.45) is -5.59. The highest BCUT2D eigenvalue weighted by Gasteiger charge is 2.29. The molecule has 1 aromatic carbocycles. The molecule has 1 unspecified atom stereocenters. The third-order valence-corrected chi connectivity index (χ3v) is 2.40. The molecule has 96 valence electrons. The van der Waals surface area contributed by atoms with Gasteiger partial charge in [-0.15, -0.1) is 0 Å². The summed E-state index contributed by atoms with van der Waals surface area (Å²) < 4.78 is 62.1. The predicted molar refractivity (Wildman–Crippen MR) is 53.4 cm³/mol. The van der Waals surface area contributed by atoms with Gasteiger partial charge >= 0.3 is 6.18 Å². The van der Waals surface area contributed by atoms with E-state index in [-0.39, 0.29) is 12.0 Å². The zero-order valence-electron chi connectivity index (χ0n) is 9.11. The van der Waals surface area contributed by atoms with Crippen molar-refractivity contribution >= 4 is 0 Å². The van der Waals surface area contributed by atoms with Gasteiger partial charge in [0.15, 0.2) is 0 Å². The molecule has 0 bridgehead atoms. The molecule has 0 aliphatic carbocycles. The zero-order valence-corrected chi connectivity index (χ0v) is 9.11. The first-order valence-electron chi connectivity index (χ1n) is 5.02. The van der Waals surface area contributed by atoms with Crippen molar-refractivity contribution in [2.75, 3.05) is 7.05 Å². The second-order valence-corrected chi connectivity index (χ2v) is 3.66. The van der Waals surface area contributed by atoms with Gasteiger partial charge in [-0.2, -0.15) is 13.2 Å². The van der Waals surface area contributed by atoms with Crippen molar-refractivity contribution in [3.63, 3.8) is 0 Å². The molecule has 0 saturated carbocycles. The Morgan fingerprint density at radius 3 is 2.35 bits per heavy atom. The molecule has 17 heavy (non-hydrogen) atoms. The fourth-order valence-electron chi connectivity index (χ4n) is 1.55. The van der Waals surface area contributed by atoms with Crippen LogP contribution in [0.5, 0.6) is 0 Å². The molecule has 0 aliphatic heterocycles. The standard InChI is InChI=1S/C11H12F5N/c1-17-10(4-5-11(14,15)16)8-3-2-7(12)6-9(8)13/h2-3,6,10,17H,4-5H2,1H3. The van der Waals surface area contributed by atoms with Gasteiger partial charge in [-0.1, -0.05) is 6.07 Å². The van der Waals surface area contributed by atoms with E-state index >= 15 is 0 Å². The average molecular weight is 253 g/mol. The Kier molecular flexibility index (Phi) is 4.45. The van der Waals surface area contributed by atoms with E-state index in [2.05, 4.69) is 5.32 Å². The number of rotatable bonds is 4. The van der Waals surface area contributed by atoms with E-state index < -0.39 is 30.3 Å². The summed E-state index contributed by atoms with van der Waals surface area (Å²) >= 11 is 0. The molecule has 0 radical (unpaired) electrons. The van der Waals surface area contributed by atoms with Gasteiger partial charge in [-0.05, 0) is 19.5 Å². The monoisotopic (exact) mass is 253 g/mol. The molecule has 0 aromatic heterocycles. The van der Waals surface area contributed by atoms with Crippen LogP contribution in [0.1, 0.15) is 24.4 Å². The highest BCUT2D eigenvalue weighted by Crippen LogP contribution is 2.28. The molecule has 0 spiro atoms. The van der Waals surface area contributed by atoms with Gasteiger partial charge in [0.1, 0.15) is 11.6 Å². The summed E-state index contributed by atoms with van der Waals surface area (Å²) in [5.41, 5.74) is 0.0400. The van der Waals surface area contributed by atoms with Crippen LogP contribution >= 0.6 is 0 Å². The Balaban J connectivity index is 2.79. The van der Waals surface area contributed by atoms with Crippen molar-refractivity contribution in [2.24, 2.45) is 0 Å². The maximum atomic E-state index is 13.3. The Labute approximate surface area is 95.6 Å². The van der Waals surface area contributed by atoms with Crippen LogP contribution in [-0.4, -0.2) is 13.2 Å². The average Bonchev–Trinajstić information content (AvgIpc) is 2.19. The summed E-state index contributed by atoms with van der Waals surface area (Å²) in [6.45, 7) is 0. The molecular weight excluding hydrogens is 241 g/mol. The van der Waals surface area contributed by atoms with Crippen molar-refractivity contribution in [2.45, 2.75) is 25.1 Å². The third kappa shape index (κ3) is 4.30. The van der Waals surface area contributed by atoms with Gasteiger partial charge in [0.25, 0.3) is 0 Å². The van der Waals surface area contributed by atoms with Crippen LogP contribution in [0.3, 0.4) is 0 Å². The lowest BCUT2D eigenvalue weighted by Gasteiger charge is -2.18. The molecule has 0 amide bonds. The Morgan fingerprint density at radius 1 is 1.24 bits per heavy atom. The summed E-state index contributed by atoms with van der Waals surface area (Å²) in [4.78, 5) is 0. The van der Waals surface area contributed by atoms with Gasteiger partial charge < -0.3 is 5.32 Å². The SMILES string of the molecule is CNC(CCC(F)(F)F)c1ccc(F)cc1F. The smallest absolute Gasteiger partial charge is 0.313 e. The molecule has 1 nitrogen and oxygen atoms in total. The highest BCUT2D eigenvalue weighted by atomic mass is 19.4. The molecule has 0 heterocycles. The number of halogens is 5. The number of nitrogens with one attached hydrogen (secondary N) is 1. The third-order valence-electron chi connectivity index (χ3n) is 2.40. The van der Waals surface area contributed by atoms with E-state index in [0.29, 0.717) is 6.07 Å². The van der Waals surface area contributed by atoms with Crippen LogP contribution in [0, 0.1) is 11.6 Å². The second-order valence-electron chi connectivity index (χ2n) is 3.66. The molecule has 1 N–H and O–H groups in total. The molecule has 6 heteroatoms. The van der Waals surface area contributed by atoms with Gasteiger partial charge in [0.05, 0.1) is 0 Å².